The second kappa shape index (κ2) is 4.79. The summed E-state index contributed by atoms with van der Waals surface area (Å²) in [6, 6.07) is 6.14. The minimum absolute atomic E-state index is 0.286. The van der Waals surface area contributed by atoms with Crippen molar-refractivity contribution >= 4 is 28.7 Å². The highest BCUT2D eigenvalue weighted by molar-refractivity contribution is 7.99. The number of aromatic nitrogens is 2. The number of imidazole rings is 1. The summed E-state index contributed by atoms with van der Waals surface area (Å²) in [7, 11) is 0. The van der Waals surface area contributed by atoms with Crippen molar-refractivity contribution in [2.75, 3.05) is 0 Å². The van der Waals surface area contributed by atoms with Crippen molar-refractivity contribution in [1.29, 1.82) is 0 Å². The van der Waals surface area contributed by atoms with Crippen molar-refractivity contribution in [1.82, 2.24) is 9.97 Å². The van der Waals surface area contributed by atoms with E-state index in [2.05, 4.69) is 23.0 Å². The molecule has 0 radical (unpaired) electrons. The fraction of sp³-hybridized carbons (Fsp3) is 0.429. The molecule has 3 rings (SSSR count). The summed E-state index contributed by atoms with van der Waals surface area (Å²) in [6.07, 6.45) is 2.16. The van der Waals surface area contributed by atoms with Gasteiger partial charge in [-0.05, 0) is 43.9 Å². The molecule has 0 bridgehead atoms. The number of carbonyl (C=O) groups is 1. The van der Waals surface area contributed by atoms with E-state index in [0.29, 0.717) is 12.8 Å². The summed E-state index contributed by atoms with van der Waals surface area (Å²) in [6.45, 7) is 2.06. The zero-order valence-electron chi connectivity index (χ0n) is 11.3. The summed E-state index contributed by atoms with van der Waals surface area (Å²) >= 11 is 1.65. The Balaban J connectivity index is 1.76. The van der Waals surface area contributed by atoms with Gasteiger partial charge in [-0.1, -0.05) is 17.8 Å². The SMILES string of the molecule is Cc1ccc2nc(SC3CCC(N)(C(N)=O)C3)[nH]c2c1. The molecule has 1 saturated carbocycles. The maximum atomic E-state index is 11.4. The molecule has 2 aromatic rings. The lowest BCUT2D eigenvalue weighted by molar-refractivity contribution is -0.122. The molecular formula is C14H18N4OS. The molecule has 106 valence electrons. The number of hydrogen-bond donors (Lipinski definition) is 3. The molecule has 2 atom stereocenters. The summed E-state index contributed by atoms with van der Waals surface area (Å²) in [5.41, 5.74) is 13.8. The number of aromatic amines is 1. The largest absolute Gasteiger partial charge is 0.368 e. The van der Waals surface area contributed by atoms with Gasteiger partial charge in [0.2, 0.25) is 5.91 Å². The molecule has 1 aliphatic carbocycles. The van der Waals surface area contributed by atoms with Gasteiger partial charge in [-0.3, -0.25) is 4.79 Å². The third kappa shape index (κ3) is 2.41. The number of nitrogens with one attached hydrogen (secondary N) is 1. The van der Waals surface area contributed by atoms with Crippen LogP contribution in [0.1, 0.15) is 24.8 Å². The number of aryl methyl sites for hydroxylation is 1. The Morgan fingerprint density at radius 1 is 1.55 bits per heavy atom. The lowest BCUT2D eigenvalue weighted by Crippen LogP contribution is -2.50. The number of rotatable bonds is 3. The number of nitrogens with zero attached hydrogens (tertiary/aromatic N) is 1. The number of fused-ring (bicyclic) bond motifs is 1. The summed E-state index contributed by atoms with van der Waals surface area (Å²) in [4.78, 5) is 19.2. The Morgan fingerprint density at radius 2 is 2.35 bits per heavy atom. The van der Waals surface area contributed by atoms with Gasteiger partial charge in [-0.15, -0.1) is 0 Å². The van der Waals surface area contributed by atoms with Crippen LogP contribution in [0.4, 0.5) is 0 Å². The van der Waals surface area contributed by atoms with Crippen LogP contribution in [0.5, 0.6) is 0 Å². The molecule has 1 aromatic carbocycles. The maximum absolute atomic E-state index is 11.4. The molecular weight excluding hydrogens is 272 g/mol. The Hall–Kier alpha value is -1.53. The molecule has 20 heavy (non-hydrogen) atoms. The van der Waals surface area contributed by atoms with Crippen molar-refractivity contribution in [2.24, 2.45) is 11.5 Å². The van der Waals surface area contributed by atoms with Gasteiger partial charge in [0, 0.05) is 5.25 Å². The molecule has 1 heterocycles. The number of hydrogen-bond acceptors (Lipinski definition) is 4. The van der Waals surface area contributed by atoms with Crippen LogP contribution in [0.15, 0.2) is 23.4 Å². The number of H-pyrrole nitrogens is 1. The molecule has 2 unspecified atom stereocenters. The molecule has 0 spiro atoms. The van der Waals surface area contributed by atoms with Gasteiger partial charge < -0.3 is 16.5 Å². The van der Waals surface area contributed by atoms with Crippen LogP contribution < -0.4 is 11.5 Å². The van der Waals surface area contributed by atoms with Gasteiger partial charge in [-0.25, -0.2) is 4.98 Å². The quantitative estimate of drug-likeness (QED) is 0.801. The molecule has 1 aromatic heterocycles. The highest BCUT2D eigenvalue weighted by atomic mass is 32.2. The van der Waals surface area contributed by atoms with Crippen LogP contribution >= 0.6 is 11.8 Å². The van der Waals surface area contributed by atoms with Gasteiger partial charge in [-0.2, -0.15) is 0 Å². The second-order valence-electron chi connectivity index (χ2n) is 5.57. The first kappa shape index (κ1) is 13.5. The Kier molecular flexibility index (Phi) is 3.22. The van der Waals surface area contributed by atoms with E-state index in [4.69, 9.17) is 11.5 Å². The number of thioether (sulfide) groups is 1. The fourth-order valence-electron chi connectivity index (χ4n) is 2.67. The van der Waals surface area contributed by atoms with Gasteiger partial charge in [0.05, 0.1) is 16.6 Å². The van der Waals surface area contributed by atoms with Crippen LogP contribution in [0.25, 0.3) is 11.0 Å². The van der Waals surface area contributed by atoms with Crippen LogP contribution in [0, 0.1) is 6.92 Å². The maximum Gasteiger partial charge on any atom is 0.237 e. The first-order valence-corrected chi connectivity index (χ1v) is 7.56. The van der Waals surface area contributed by atoms with Crippen molar-refractivity contribution in [3.63, 3.8) is 0 Å². The normalized spacial score (nSPS) is 26.2. The van der Waals surface area contributed by atoms with E-state index in [1.165, 1.54) is 5.56 Å². The average Bonchev–Trinajstić information content (AvgIpc) is 2.93. The van der Waals surface area contributed by atoms with Gasteiger partial charge in [0.25, 0.3) is 0 Å². The summed E-state index contributed by atoms with van der Waals surface area (Å²) in [5.74, 6) is -0.402. The molecule has 6 heteroatoms. The summed E-state index contributed by atoms with van der Waals surface area (Å²) in [5, 5.41) is 1.17. The van der Waals surface area contributed by atoms with E-state index >= 15 is 0 Å². The van der Waals surface area contributed by atoms with Crippen LogP contribution in [-0.4, -0.2) is 26.7 Å². The average molecular weight is 290 g/mol. The standard InChI is InChI=1S/C14H18N4OS/c1-8-2-3-10-11(6-8)18-13(17-10)20-9-4-5-14(16,7-9)12(15)19/h2-3,6,9H,4-5,7,16H2,1H3,(H2,15,19)(H,17,18). The highest BCUT2D eigenvalue weighted by Gasteiger charge is 2.41. The lowest BCUT2D eigenvalue weighted by Gasteiger charge is -2.18. The second-order valence-corrected chi connectivity index (χ2v) is 6.85. The van der Waals surface area contributed by atoms with Crippen molar-refractivity contribution < 1.29 is 4.79 Å². The monoisotopic (exact) mass is 290 g/mol. The van der Waals surface area contributed by atoms with Crippen molar-refractivity contribution in [2.45, 2.75) is 42.1 Å². The number of primary amides is 1. The predicted molar refractivity (Wildman–Crippen MR) is 80.4 cm³/mol. The van der Waals surface area contributed by atoms with E-state index in [9.17, 15) is 4.79 Å². The number of carbonyl (C=O) groups excluding carboxylic acids is 1. The molecule has 5 N–H and O–H groups in total. The zero-order chi connectivity index (χ0) is 14.3. The van der Waals surface area contributed by atoms with E-state index in [1.54, 1.807) is 11.8 Å². The topological polar surface area (TPSA) is 97.8 Å². The van der Waals surface area contributed by atoms with Crippen molar-refractivity contribution in [3.05, 3.63) is 23.8 Å². The first-order valence-electron chi connectivity index (χ1n) is 6.68. The van der Waals surface area contributed by atoms with E-state index in [0.717, 1.165) is 22.6 Å². The Morgan fingerprint density at radius 3 is 3.05 bits per heavy atom. The Bertz CT molecular complexity index is 668. The van der Waals surface area contributed by atoms with Gasteiger partial charge in [0.15, 0.2) is 5.16 Å². The molecule has 1 fully saturated rings. The van der Waals surface area contributed by atoms with Crippen LogP contribution in [0.3, 0.4) is 0 Å². The first-order chi connectivity index (χ1) is 9.46. The van der Waals surface area contributed by atoms with E-state index < -0.39 is 11.4 Å². The molecule has 0 aliphatic heterocycles. The minimum atomic E-state index is -0.847. The lowest BCUT2D eigenvalue weighted by atomic mass is 9.99. The molecule has 0 saturated heterocycles. The molecule has 1 amide bonds. The third-order valence-corrected chi connectivity index (χ3v) is 5.04. The highest BCUT2D eigenvalue weighted by Crippen LogP contribution is 2.38. The Labute approximate surface area is 121 Å². The smallest absolute Gasteiger partial charge is 0.237 e. The number of nitrogens with two attached hydrogens (primary N) is 2. The third-order valence-electron chi connectivity index (χ3n) is 3.89. The van der Waals surface area contributed by atoms with E-state index in [-0.39, 0.29) is 5.25 Å². The predicted octanol–water partition coefficient (Wildman–Crippen LogP) is 1.70. The molecule has 5 nitrogen and oxygen atoms in total. The minimum Gasteiger partial charge on any atom is -0.368 e. The zero-order valence-corrected chi connectivity index (χ0v) is 12.2. The molecule has 1 aliphatic rings. The van der Waals surface area contributed by atoms with E-state index in [1.807, 2.05) is 12.1 Å². The van der Waals surface area contributed by atoms with Crippen LogP contribution in [-0.2, 0) is 4.79 Å². The van der Waals surface area contributed by atoms with Crippen molar-refractivity contribution in [3.8, 4) is 0 Å². The van der Waals surface area contributed by atoms with Gasteiger partial charge in [0.1, 0.15) is 0 Å². The summed E-state index contributed by atoms with van der Waals surface area (Å²) < 4.78 is 0. The van der Waals surface area contributed by atoms with Gasteiger partial charge >= 0.3 is 0 Å². The van der Waals surface area contributed by atoms with Crippen LogP contribution in [0.2, 0.25) is 0 Å². The number of amides is 1. The fourth-order valence-corrected chi connectivity index (χ4v) is 3.92. The number of benzene rings is 1.